The first kappa shape index (κ1) is 18.8. The SMILES string of the molecule is C=CCc1ccccc1OCCOc1ccccc1/C=C1\SC(N)=NC1=O. The monoisotopic (exact) mass is 380 g/mol. The molecule has 6 heteroatoms. The number of aliphatic imine (C=N–C) groups is 1. The highest BCUT2D eigenvalue weighted by molar-refractivity contribution is 8.18. The van der Waals surface area contributed by atoms with E-state index >= 15 is 0 Å². The number of hydrogen-bond acceptors (Lipinski definition) is 5. The molecule has 0 saturated heterocycles. The number of carbonyl (C=O) groups is 1. The number of hydrogen-bond donors (Lipinski definition) is 1. The number of rotatable bonds is 8. The number of amidine groups is 1. The van der Waals surface area contributed by atoms with Crippen molar-refractivity contribution in [2.45, 2.75) is 6.42 Å². The van der Waals surface area contributed by atoms with Crippen molar-refractivity contribution in [3.8, 4) is 11.5 Å². The van der Waals surface area contributed by atoms with Gasteiger partial charge < -0.3 is 15.2 Å². The zero-order valence-corrected chi connectivity index (χ0v) is 15.6. The number of thioether (sulfide) groups is 1. The minimum Gasteiger partial charge on any atom is -0.490 e. The smallest absolute Gasteiger partial charge is 0.286 e. The van der Waals surface area contributed by atoms with Crippen LogP contribution in [0.5, 0.6) is 11.5 Å². The van der Waals surface area contributed by atoms with E-state index in [-0.39, 0.29) is 11.1 Å². The number of benzene rings is 2. The average Bonchev–Trinajstić information content (AvgIpc) is 2.98. The number of ether oxygens (including phenoxy) is 2. The van der Waals surface area contributed by atoms with Crippen molar-refractivity contribution in [1.29, 1.82) is 0 Å². The zero-order valence-electron chi connectivity index (χ0n) is 14.8. The summed E-state index contributed by atoms with van der Waals surface area (Å²) in [4.78, 5) is 16.0. The Hall–Kier alpha value is -2.99. The molecular weight excluding hydrogens is 360 g/mol. The van der Waals surface area contributed by atoms with Crippen LogP contribution < -0.4 is 15.2 Å². The largest absolute Gasteiger partial charge is 0.490 e. The van der Waals surface area contributed by atoms with Gasteiger partial charge in [-0.1, -0.05) is 42.5 Å². The Balaban J connectivity index is 1.60. The lowest BCUT2D eigenvalue weighted by Crippen LogP contribution is -2.10. The van der Waals surface area contributed by atoms with Gasteiger partial charge in [-0.25, -0.2) is 0 Å². The number of allylic oxidation sites excluding steroid dienone is 1. The maximum atomic E-state index is 11.8. The van der Waals surface area contributed by atoms with Crippen molar-refractivity contribution in [3.05, 3.63) is 77.2 Å². The van der Waals surface area contributed by atoms with Gasteiger partial charge in [-0.3, -0.25) is 4.79 Å². The van der Waals surface area contributed by atoms with E-state index in [1.54, 1.807) is 6.08 Å². The molecule has 0 radical (unpaired) electrons. The Morgan fingerprint density at radius 3 is 2.41 bits per heavy atom. The fourth-order valence-electron chi connectivity index (χ4n) is 2.57. The molecule has 27 heavy (non-hydrogen) atoms. The summed E-state index contributed by atoms with van der Waals surface area (Å²) >= 11 is 1.16. The van der Waals surface area contributed by atoms with E-state index in [1.807, 2.05) is 54.6 Å². The minimum atomic E-state index is -0.325. The number of para-hydroxylation sites is 2. The molecule has 2 aromatic rings. The van der Waals surface area contributed by atoms with Crippen LogP contribution in [-0.4, -0.2) is 24.3 Å². The highest BCUT2D eigenvalue weighted by Crippen LogP contribution is 2.29. The second-order valence-electron chi connectivity index (χ2n) is 5.70. The van der Waals surface area contributed by atoms with Crippen LogP contribution in [0.2, 0.25) is 0 Å². The van der Waals surface area contributed by atoms with Crippen LogP contribution in [-0.2, 0) is 11.2 Å². The molecular formula is C21H20N2O3S. The van der Waals surface area contributed by atoms with Gasteiger partial charge in [0.1, 0.15) is 24.7 Å². The highest BCUT2D eigenvalue weighted by Gasteiger charge is 2.20. The van der Waals surface area contributed by atoms with Crippen molar-refractivity contribution in [1.82, 2.24) is 0 Å². The summed E-state index contributed by atoms with van der Waals surface area (Å²) in [6, 6.07) is 15.4. The minimum absolute atomic E-state index is 0.260. The summed E-state index contributed by atoms with van der Waals surface area (Å²) in [5.74, 6) is 1.18. The first-order chi connectivity index (χ1) is 13.2. The lowest BCUT2D eigenvalue weighted by Gasteiger charge is -2.12. The van der Waals surface area contributed by atoms with Crippen LogP contribution in [0.1, 0.15) is 11.1 Å². The molecule has 0 bridgehead atoms. The van der Waals surface area contributed by atoms with E-state index in [0.717, 1.165) is 35.1 Å². The van der Waals surface area contributed by atoms with Gasteiger partial charge in [-0.2, -0.15) is 4.99 Å². The second kappa shape index (κ2) is 9.09. The van der Waals surface area contributed by atoms with Gasteiger partial charge >= 0.3 is 0 Å². The van der Waals surface area contributed by atoms with E-state index in [0.29, 0.717) is 23.9 Å². The van der Waals surface area contributed by atoms with Gasteiger partial charge in [0.2, 0.25) is 0 Å². The molecule has 1 amide bonds. The molecule has 5 nitrogen and oxygen atoms in total. The third kappa shape index (κ3) is 5.01. The molecule has 0 fully saturated rings. The quantitative estimate of drug-likeness (QED) is 0.428. The van der Waals surface area contributed by atoms with Crippen molar-refractivity contribution >= 4 is 28.9 Å². The molecule has 0 aliphatic carbocycles. The molecule has 138 valence electrons. The van der Waals surface area contributed by atoms with Crippen LogP contribution >= 0.6 is 11.8 Å². The van der Waals surface area contributed by atoms with E-state index in [2.05, 4.69) is 11.6 Å². The summed E-state index contributed by atoms with van der Waals surface area (Å²) in [6.45, 7) is 4.55. The van der Waals surface area contributed by atoms with Crippen LogP contribution in [0, 0.1) is 0 Å². The van der Waals surface area contributed by atoms with Crippen LogP contribution in [0.15, 0.2) is 71.1 Å². The summed E-state index contributed by atoms with van der Waals surface area (Å²) in [5, 5.41) is 0.260. The van der Waals surface area contributed by atoms with Gasteiger partial charge in [0.25, 0.3) is 5.91 Å². The summed E-state index contributed by atoms with van der Waals surface area (Å²) in [7, 11) is 0. The molecule has 2 aromatic carbocycles. The Morgan fingerprint density at radius 1 is 1.04 bits per heavy atom. The van der Waals surface area contributed by atoms with E-state index in [4.69, 9.17) is 15.2 Å². The fraction of sp³-hybridized carbons (Fsp3) is 0.143. The molecule has 3 rings (SSSR count). The van der Waals surface area contributed by atoms with Crippen LogP contribution in [0.4, 0.5) is 0 Å². The third-order valence-electron chi connectivity index (χ3n) is 3.78. The number of nitrogens with zero attached hydrogens (tertiary/aromatic N) is 1. The van der Waals surface area contributed by atoms with Gasteiger partial charge in [-0.15, -0.1) is 6.58 Å². The first-order valence-corrected chi connectivity index (χ1v) is 9.30. The van der Waals surface area contributed by atoms with E-state index < -0.39 is 0 Å². The van der Waals surface area contributed by atoms with Crippen LogP contribution in [0.3, 0.4) is 0 Å². The molecule has 0 atom stereocenters. The predicted octanol–water partition coefficient (Wildman–Crippen LogP) is 3.80. The van der Waals surface area contributed by atoms with Crippen molar-refractivity contribution in [2.75, 3.05) is 13.2 Å². The van der Waals surface area contributed by atoms with E-state index in [9.17, 15) is 4.79 Å². The van der Waals surface area contributed by atoms with Crippen LogP contribution in [0.25, 0.3) is 6.08 Å². The lowest BCUT2D eigenvalue weighted by molar-refractivity contribution is -0.113. The molecule has 0 aromatic heterocycles. The molecule has 1 aliphatic heterocycles. The molecule has 0 unspecified atom stereocenters. The highest BCUT2D eigenvalue weighted by atomic mass is 32.2. The Bertz CT molecular complexity index is 906. The molecule has 0 spiro atoms. The normalized spacial score (nSPS) is 14.9. The summed E-state index contributed by atoms with van der Waals surface area (Å²) in [5.41, 5.74) is 7.48. The number of nitrogens with two attached hydrogens (primary N) is 1. The summed E-state index contributed by atoms with van der Waals surface area (Å²) < 4.78 is 11.7. The van der Waals surface area contributed by atoms with Gasteiger partial charge in [0.05, 0.1) is 4.91 Å². The Labute approximate surface area is 162 Å². The topological polar surface area (TPSA) is 73.9 Å². The third-order valence-corrected chi connectivity index (χ3v) is 4.59. The maximum absolute atomic E-state index is 11.8. The van der Waals surface area contributed by atoms with Gasteiger partial charge in [0.15, 0.2) is 5.17 Å². The van der Waals surface area contributed by atoms with Crippen molar-refractivity contribution in [2.24, 2.45) is 10.7 Å². The maximum Gasteiger partial charge on any atom is 0.286 e. The molecule has 2 N–H and O–H groups in total. The second-order valence-corrected chi connectivity index (χ2v) is 6.76. The van der Waals surface area contributed by atoms with E-state index in [1.165, 1.54) is 0 Å². The zero-order chi connectivity index (χ0) is 19.1. The fourth-order valence-corrected chi connectivity index (χ4v) is 3.24. The van der Waals surface area contributed by atoms with Crippen molar-refractivity contribution < 1.29 is 14.3 Å². The van der Waals surface area contributed by atoms with Gasteiger partial charge in [0, 0.05) is 5.56 Å². The van der Waals surface area contributed by atoms with Gasteiger partial charge in [-0.05, 0) is 42.0 Å². The summed E-state index contributed by atoms with van der Waals surface area (Å²) in [6.07, 6.45) is 4.34. The molecule has 0 saturated carbocycles. The predicted molar refractivity (Wildman–Crippen MR) is 110 cm³/mol. The molecule has 1 heterocycles. The average molecular weight is 380 g/mol. The first-order valence-electron chi connectivity index (χ1n) is 8.49. The standard InChI is InChI=1S/C21H20N2O3S/c1-2-7-15-8-3-5-10-17(15)25-12-13-26-18-11-6-4-9-16(18)14-19-20(24)23-21(22)27-19/h2-6,8-11,14H,1,7,12-13H2,(H2,22,23,24)/b19-14-. The Morgan fingerprint density at radius 2 is 1.70 bits per heavy atom. The molecule has 1 aliphatic rings. The van der Waals surface area contributed by atoms with Crippen molar-refractivity contribution in [3.63, 3.8) is 0 Å². The lowest BCUT2D eigenvalue weighted by atomic mass is 10.1. The number of amides is 1. The Kier molecular flexibility index (Phi) is 6.33. The number of carbonyl (C=O) groups excluding carboxylic acids is 1.